The van der Waals surface area contributed by atoms with Gasteiger partial charge in [-0.2, -0.15) is 0 Å². The minimum absolute atomic E-state index is 0.0707. The summed E-state index contributed by atoms with van der Waals surface area (Å²) >= 11 is 0. The van der Waals surface area contributed by atoms with E-state index in [9.17, 15) is 27.5 Å². The van der Waals surface area contributed by atoms with Gasteiger partial charge >= 0.3 is 5.97 Å². The number of hydrogen-bond donors (Lipinski definition) is 2. The highest BCUT2D eigenvalue weighted by Crippen LogP contribution is 2.25. The first-order chi connectivity index (χ1) is 11.3. The fraction of sp³-hybridized carbons (Fsp3) is 0.333. The zero-order valence-electron chi connectivity index (χ0n) is 12.7. The molecule has 0 radical (unpaired) electrons. The van der Waals surface area contributed by atoms with E-state index in [0.29, 0.717) is 0 Å². The highest BCUT2D eigenvalue weighted by molar-refractivity contribution is 6.15. The van der Waals surface area contributed by atoms with Crippen molar-refractivity contribution in [3.05, 3.63) is 40.5 Å². The number of halogens is 4. The SMILES string of the molecule is CCOC(=O)/C(C=NCCCO)=C(/O)c1cc(F)c(F)c(F)c1F. The number of hydrogen-bond acceptors (Lipinski definition) is 5. The molecule has 0 saturated heterocycles. The fourth-order valence-electron chi connectivity index (χ4n) is 1.63. The van der Waals surface area contributed by atoms with Crippen LogP contribution in [0.3, 0.4) is 0 Å². The first kappa shape index (κ1) is 19.6. The zero-order valence-corrected chi connectivity index (χ0v) is 12.7. The van der Waals surface area contributed by atoms with Crippen molar-refractivity contribution in [1.82, 2.24) is 0 Å². The second kappa shape index (κ2) is 9.02. The van der Waals surface area contributed by atoms with Crippen molar-refractivity contribution in [3.63, 3.8) is 0 Å². The molecule has 1 aromatic carbocycles. The Labute approximate surface area is 134 Å². The lowest BCUT2D eigenvalue weighted by Crippen LogP contribution is -2.13. The number of benzene rings is 1. The van der Waals surface area contributed by atoms with Gasteiger partial charge in [0, 0.05) is 19.4 Å². The van der Waals surface area contributed by atoms with Crippen LogP contribution in [0.25, 0.3) is 5.76 Å². The number of aliphatic hydroxyl groups is 2. The van der Waals surface area contributed by atoms with Crippen molar-refractivity contribution in [2.75, 3.05) is 19.8 Å². The molecule has 9 heteroatoms. The number of aliphatic hydroxyl groups excluding tert-OH is 2. The van der Waals surface area contributed by atoms with Crippen molar-refractivity contribution >= 4 is 17.9 Å². The second-order valence-corrected chi connectivity index (χ2v) is 4.44. The smallest absolute Gasteiger partial charge is 0.343 e. The quantitative estimate of drug-likeness (QED) is 0.116. The van der Waals surface area contributed by atoms with Gasteiger partial charge in [0.05, 0.1) is 12.2 Å². The summed E-state index contributed by atoms with van der Waals surface area (Å²) in [7, 11) is 0. The molecule has 2 N–H and O–H groups in total. The molecule has 0 atom stereocenters. The molecule has 0 saturated carbocycles. The van der Waals surface area contributed by atoms with E-state index in [-0.39, 0.29) is 32.2 Å². The summed E-state index contributed by atoms with van der Waals surface area (Å²) < 4.78 is 57.9. The average molecular weight is 349 g/mol. The normalized spacial score (nSPS) is 12.4. The Morgan fingerprint density at radius 1 is 1.25 bits per heavy atom. The lowest BCUT2D eigenvalue weighted by atomic mass is 10.1. The van der Waals surface area contributed by atoms with Gasteiger partial charge in [0.1, 0.15) is 11.3 Å². The van der Waals surface area contributed by atoms with Crippen LogP contribution in [0.2, 0.25) is 0 Å². The van der Waals surface area contributed by atoms with Gasteiger partial charge < -0.3 is 14.9 Å². The van der Waals surface area contributed by atoms with Crippen LogP contribution in [-0.2, 0) is 9.53 Å². The van der Waals surface area contributed by atoms with Crippen LogP contribution in [0.1, 0.15) is 18.9 Å². The highest BCUT2D eigenvalue weighted by atomic mass is 19.2. The third kappa shape index (κ3) is 4.54. The number of carbonyl (C=O) groups is 1. The molecule has 0 aliphatic heterocycles. The third-order valence-corrected chi connectivity index (χ3v) is 2.77. The van der Waals surface area contributed by atoms with Crippen LogP contribution in [-0.4, -0.2) is 42.2 Å². The monoisotopic (exact) mass is 349 g/mol. The van der Waals surface area contributed by atoms with E-state index in [1.807, 2.05) is 0 Å². The summed E-state index contributed by atoms with van der Waals surface area (Å²) in [5.41, 5.74) is -1.72. The number of rotatable bonds is 7. The molecule has 24 heavy (non-hydrogen) atoms. The summed E-state index contributed by atoms with van der Waals surface area (Å²) in [5, 5.41) is 18.6. The van der Waals surface area contributed by atoms with E-state index in [1.54, 1.807) is 0 Å². The summed E-state index contributed by atoms with van der Waals surface area (Å²) in [6, 6.07) is 0.212. The average Bonchev–Trinajstić information content (AvgIpc) is 2.56. The zero-order chi connectivity index (χ0) is 18.3. The van der Waals surface area contributed by atoms with Gasteiger partial charge in [-0.25, -0.2) is 22.4 Å². The minimum Gasteiger partial charge on any atom is -0.506 e. The fourth-order valence-corrected chi connectivity index (χ4v) is 1.63. The number of aliphatic imine (C=N–C) groups is 1. The van der Waals surface area contributed by atoms with Gasteiger partial charge in [0.25, 0.3) is 0 Å². The molecule has 0 heterocycles. The van der Waals surface area contributed by atoms with Gasteiger partial charge in [-0.15, -0.1) is 0 Å². The second-order valence-electron chi connectivity index (χ2n) is 4.44. The van der Waals surface area contributed by atoms with E-state index in [0.717, 1.165) is 6.21 Å². The van der Waals surface area contributed by atoms with E-state index >= 15 is 0 Å². The summed E-state index contributed by atoms with van der Waals surface area (Å²) in [4.78, 5) is 15.5. The van der Waals surface area contributed by atoms with Crippen molar-refractivity contribution in [3.8, 4) is 0 Å². The molecule has 5 nitrogen and oxygen atoms in total. The number of carbonyl (C=O) groups excluding carboxylic acids is 1. The van der Waals surface area contributed by atoms with E-state index < -0.39 is 46.1 Å². The number of esters is 1. The lowest BCUT2D eigenvalue weighted by molar-refractivity contribution is -0.137. The maximum atomic E-state index is 13.7. The molecule has 0 fully saturated rings. The maximum Gasteiger partial charge on any atom is 0.343 e. The van der Waals surface area contributed by atoms with Crippen LogP contribution in [0.5, 0.6) is 0 Å². The summed E-state index contributed by atoms with van der Waals surface area (Å²) in [6.07, 6.45) is 1.07. The van der Waals surface area contributed by atoms with Crippen molar-refractivity contribution in [2.45, 2.75) is 13.3 Å². The van der Waals surface area contributed by atoms with Crippen molar-refractivity contribution in [2.24, 2.45) is 4.99 Å². The Morgan fingerprint density at radius 2 is 1.92 bits per heavy atom. The molecule has 1 aromatic rings. The Balaban J connectivity index is 3.41. The molecule has 0 spiro atoms. The van der Waals surface area contributed by atoms with Gasteiger partial charge in [-0.05, 0) is 19.4 Å². The molecular formula is C15H15F4NO4. The predicted molar refractivity (Wildman–Crippen MR) is 77.5 cm³/mol. The third-order valence-electron chi connectivity index (χ3n) is 2.77. The molecule has 0 unspecified atom stereocenters. The van der Waals surface area contributed by atoms with Gasteiger partial charge in [-0.3, -0.25) is 4.99 Å². The number of ether oxygens (including phenoxy) is 1. The first-order valence-electron chi connectivity index (χ1n) is 6.89. The summed E-state index contributed by atoms with van der Waals surface area (Å²) in [6.45, 7) is 1.27. The van der Waals surface area contributed by atoms with Crippen LogP contribution in [0, 0.1) is 23.3 Å². The maximum absolute atomic E-state index is 13.7. The van der Waals surface area contributed by atoms with Crippen molar-refractivity contribution in [1.29, 1.82) is 0 Å². The van der Waals surface area contributed by atoms with E-state index in [2.05, 4.69) is 9.73 Å². The molecule has 0 bridgehead atoms. The Morgan fingerprint density at radius 3 is 2.50 bits per heavy atom. The summed E-state index contributed by atoms with van der Waals surface area (Å²) in [5.74, 6) is -10.0. The van der Waals surface area contributed by atoms with Crippen molar-refractivity contribution < 1.29 is 37.3 Å². The highest BCUT2D eigenvalue weighted by Gasteiger charge is 2.24. The van der Waals surface area contributed by atoms with E-state index in [4.69, 9.17) is 5.11 Å². The predicted octanol–water partition coefficient (Wildman–Crippen LogP) is 2.53. The molecular weight excluding hydrogens is 334 g/mol. The molecule has 1 rings (SSSR count). The topological polar surface area (TPSA) is 79.1 Å². The molecule has 0 amide bonds. The minimum atomic E-state index is -2.13. The molecule has 0 aliphatic carbocycles. The Hall–Kier alpha value is -2.42. The van der Waals surface area contributed by atoms with Crippen LogP contribution in [0.4, 0.5) is 17.6 Å². The van der Waals surface area contributed by atoms with E-state index in [1.165, 1.54) is 6.92 Å². The van der Waals surface area contributed by atoms with Gasteiger partial charge in [-0.1, -0.05) is 0 Å². The Kier molecular flexibility index (Phi) is 7.37. The van der Waals surface area contributed by atoms with Crippen LogP contribution in [0.15, 0.2) is 16.6 Å². The standard InChI is InChI=1S/C15H15F4NO4/c1-2-24-15(23)9(7-20-4-3-5-21)14(22)8-6-10(16)12(18)13(19)11(8)17/h6-7,21-22H,2-5H2,1H3/b14-9+,20-7?. The lowest BCUT2D eigenvalue weighted by Gasteiger charge is -2.09. The van der Waals surface area contributed by atoms with Crippen LogP contribution >= 0.6 is 0 Å². The van der Waals surface area contributed by atoms with Gasteiger partial charge in [0.15, 0.2) is 23.3 Å². The van der Waals surface area contributed by atoms with Crippen LogP contribution < -0.4 is 0 Å². The number of nitrogens with zero attached hydrogens (tertiary/aromatic N) is 1. The van der Waals surface area contributed by atoms with Gasteiger partial charge in [0.2, 0.25) is 0 Å². The Bertz CT molecular complexity index is 674. The first-order valence-corrected chi connectivity index (χ1v) is 6.89. The molecule has 0 aromatic heterocycles. The molecule has 0 aliphatic rings. The molecule has 132 valence electrons. The largest absolute Gasteiger partial charge is 0.506 e.